The summed E-state index contributed by atoms with van der Waals surface area (Å²) in [6.07, 6.45) is 4.92. The van der Waals surface area contributed by atoms with Crippen molar-refractivity contribution in [1.82, 2.24) is 10.2 Å². The Balaban J connectivity index is 1.67. The fourth-order valence-electron chi connectivity index (χ4n) is 5.08. The van der Waals surface area contributed by atoms with Gasteiger partial charge in [-0.3, -0.25) is 13.9 Å². The van der Waals surface area contributed by atoms with Crippen molar-refractivity contribution in [3.8, 4) is 5.75 Å². The third-order valence-electron chi connectivity index (χ3n) is 7.50. The highest BCUT2D eigenvalue weighted by Crippen LogP contribution is 2.27. The molecular weight excluding hydrogens is 593 g/mol. The van der Waals surface area contributed by atoms with Gasteiger partial charge in [-0.25, -0.2) is 12.8 Å². The highest BCUT2D eigenvalue weighted by Gasteiger charge is 2.33. The summed E-state index contributed by atoms with van der Waals surface area (Å²) in [5, 5.41) is 3.43. The molecule has 0 radical (unpaired) electrons. The van der Waals surface area contributed by atoms with Crippen LogP contribution in [0.4, 0.5) is 10.1 Å². The van der Waals surface area contributed by atoms with Gasteiger partial charge in [0.05, 0.1) is 17.2 Å². The summed E-state index contributed by atoms with van der Waals surface area (Å²) in [5.41, 5.74) is 0.841. The van der Waals surface area contributed by atoms with Gasteiger partial charge in [-0.1, -0.05) is 43.0 Å². The first-order valence-electron chi connectivity index (χ1n) is 14.4. The fourth-order valence-corrected chi connectivity index (χ4v) is 6.62. The second-order valence-corrected chi connectivity index (χ2v) is 12.9. The average Bonchev–Trinajstić information content (AvgIpc) is 3.00. The molecule has 1 aliphatic rings. The quantitative estimate of drug-likeness (QED) is 0.268. The summed E-state index contributed by atoms with van der Waals surface area (Å²) >= 11 is 6.01. The number of hydrogen-bond donors (Lipinski definition) is 1. The third kappa shape index (κ3) is 8.48. The van der Waals surface area contributed by atoms with Gasteiger partial charge in [-0.15, -0.1) is 0 Å². The Bertz CT molecular complexity index is 1480. The van der Waals surface area contributed by atoms with Crippen LogP contribution in [0.5, 0.6) is 5.75 Å². The zero-order valence-electron chi connectivity index (χ0n) is 24.3. The van der Waals surface area contributed by atoms with Crippen LogP contribution in [0.1, 0.15) is 51.5 Å². The lowest BCUT2D eigenvalue weighted by atomic mass is 9.95. The van der Waals surface area contributed by atoms with Gasteiger partial charge in [-0.05, 0) is 92.9 Å². The summed E-state index contributed by atoms with van der Waals surface area (Å²) < 4.78 is 48.0. The van der Waals surface area contributed by atoms with Crippen LogP contribution in [-0.4, -0.2) is 50.4 Å². The number of nitrogens with one attached hydrogen (secondary N) is 1. The molecule has 0 aromatic heterocycles. The normalized spacial score (nSPS) is 14.5. The lowest BCUT2D eigenvalue weighted by Crippen LogP contribution is -2.53. The lowest BCUT2D eigenvalue weighted by Gasteiger charge is -2.33. The van der Waals surface area contributed by atoms with Gasteiger partial charge in [0.1, 0.15) is 24.2 Å². The Morgan fingerprint density at radius 3 is 2.21 bits per heavy atom. The van der Waals surface area contributed by atoms with E-state index in [1.165, 1.54) is 53.4 Å². The zero-order valence-corrected chi connectivity index (χ0v) is 25.9. The van der Waals surface area contributed by atoms with E-state index in [0.29, 0.717) is 22.9 Å². The minimum atomic E-state index is -4.24. The Morgan fingerprint density at radius 2 is 1.60 bits per heavy atom. The van der Waals surface area contributed by atoms with E-state index < -0.39 is 34.3 Å². The number of halogens is 2. The van der Waals surface area contributed by atoms with Gasteiger partial charge in [0.15, 0.2) is 0 Å². The first kappa shape index (κ1) is 32.3. The summed E-state index contributed by atoms with van der Waals surface area (Å²) in [7, 11) is -4.24. The van der Waals surface area contributed by atoms with E-state index in [1.54, 1.807) is 31.2 Å². The fraction of sp³-hybridized carbons (Fsp3) is 0.375. The van der Waals surface area contributed by atoms with Crippen LogP contribution in [-0.2, 0) is 26.2 Å². The molecule has 1 N–H and O–H groups in total. The van der Waals surface area contributed by atoms with Gasteiger partial charge in [0.25, 0.3) is 10.0 Å². The number of ether oxygens (including phenoxy) is 1. The van der Waals surface area contributed by atoms with E-state index in [0.717, 1.165) is 36.4 Å². The monoisotopic (exact) mass is 629 g/mol. The van der Waals surface area contributed by atoms with Crippen LogP contribution >= 0.6 is 11.6 Å². The first-order chi connectivity index (χ1) is 20.6. The highest BCUT2D eigenvalue weighted by molar-refractivity contribution is 7.92. The maximum absolute atomic E-state index is 14.1. The molecule has 3 aromatic rings. The van der Waals surface area contributed by atoms with Crippen molar-refractivity contribution in [1.29, 1.82) is 0 Å². The summed E-state index contributed by atoms with van der Waals surface area (Å²) in [6.45, 7) is 3.29. The molecule has 0 saturated heterocycles. The maximum atomic E-state index is 14.1. The maximum Gasteiger partial charge on any atom is 0.264 e. The number of hydrogen-bond acceptors (Lipinski definition) is 5. The molecule has 4 rings (SSSR count). The average molecular weight is 630 g/mol. The molecule has 0 heterocycles. The largest absolute Gasteiger partial charge is 0.494 e. The summed E-state index contributed by atoms with van der Waals surface area (Å²) in [4.78, 5) is 28.7. The van der Waals surface area contributed by atoms with Crippen molar-refractivity contribution in [3.05, 3.63) is 89.2 Å². The van der Waals surface area contributed by atoms with Crippen molar-refractivity contribution in [2.24, 2.45) is 0 Å². The van der Waals surface area contributed by atoms with Gasteiger partial charge in [0, 0.05) is 17.6 Å². The number of sulfonamides is 1. The third-order valence-corrected chi connectivity index (χ3v) is 9.54. The van der Waals surface area contributed by atoms with Crippen LogP contribution in [0.2, 0.25) is 5.02 Å². The van der Waals surface area contributed by atoms with E-state index in [9.17, 15) is 22.4 Å². The second-order valence-electron chi connectivity index (χ2n) is 10.6. The van der Waals surface area contributed by atoms with Crippen LogP contribution in [0.3, 0.4) is 0 Å². The Morgan fingerprint density at radius 1 is 0.977 bits per heavy atom. The van der Waals surface area contributed by atoms with E-state index in [2.05, 4.69) is 5.32 Å². The van der Waals surface area contributed by atoms with Gasteiger partial charge < -0.3 is 15.0 Å². The number of benzene rings is 3. The zero-order chi connectivity index (χ0) is 31.0. The molecule has 3 aromatic carbocycles. The molecule has 1 aliphatic carbocycles. The molecule has 1 fully saturated rings. The minimum Gasteiger partial charge on any atom is -0.494 e. The van der Waals surface area contributed by atoms with Gasteiger partial charge in [-0.2, -0.15) is 0 Å². The Hall–Kier alpha value is -3.63. The molecule has 0 aliphatic heterocycles. The predicted octanol–water partition coefficient (Wildman–Crippen LogP) is 5.94. The van der Waals surface area contributed by atoms with E-state index in [-0.39, 0.29) is 29.1 Å². The number of anilines is 1. The van der Waals surface area contributed by atoms with Crippen LogP contribution in [0.25, 0.3) is 0 Å². The van der Waals surface area contributed by atoms with Crippen molar-refractivity contribution in [2.75, 3.05) is 17.5 Å². The predicted molar refractivity (Wildman–Crippen MR) is 165 cm³/mol. The van der Waals surface area contributed by atoms with Crippen LogP contribution < -0.4 is 14.4 Å². The van der Waals surface area contributed by atoms with Crippen LogP contribution in [0.15, 0.2) is 77.7 Å². The van der Waals surface area contributed by atoms with Crippen molar-refractivity contribution in [2.45, 2.75) is 69.5 Å². The van der Waals surface area contributed by atoms with Crippen molar-refractivity contribution >= 4 is 39.1 Å². The molecular formula is C32H37ClFN3O5S. The molecule has 1 saturated carbocycles. The smallest absolute Gasteiger partial charge is 0.264 e. The minimum absolute atomic E-state index is 0.0174. The highest BCUT2D eigenvalue weighted by atomic mass is 35.5. The van der Waals surface area contributed by atoms with E-state index in [1.807, 2.05) is 6.92 Å². The number of amides is 2. The summed E-state index contributed by atoms with van der Waals surface area (Å²) in [5.74, 6) is -0.801. The second kappa shape index (κ2) is 14.7. The molecule has 43 heavy (non-hydrogen) atoms. The number of nitrogens with zero attached hydrogens (tertiary/aromatic N) is 2. The number of carbonyl (C=O) groups excluding carboxylic acids is 2. The topological polar surface area (TPSA) is 96.0 Å². The molecule has 11 heteroatoms. The number of carbonyl (C=O) groups is 2. The molecule has 0 bridgehead atoms. The SMILES string of the molecule is CCOc1ccc(N(CC(=O)N(Cc2ccc(F)cc2)[C@H](C)C(=O)NC2CCCCC2)S(=O)(=O)c2ccc(Cl)cc2)cc1. The Kier molecular flexibility index (Phi) is 11.0. The van der Waals surface area contributed by atoms with E-state index in [4.69, 9.17) is 16.3 Å². The van der Waals surface area contributed by atoms with Crippen molar-refractivity contribution in [3.63, 3.8) is 0 Å². The molecule has 2 amide bonds. The molecule has 8 nitrogen and oxygen atoms in total. The molecule has 0 spiro atoms. The molecule has 0 unspecified atom stereocenters. The molecule has 230 valence electrons. The van der Waals surface area contributed by atoms with Crippen molar-refractivity contribution < 1.29 is 27.1 Å². The Labute approximate surface area is 257 Å². The van der Waals surface area contributed by atoms with Crippen LogP contribution in [0, 0.1) is 5.82 Å². The molecule has 1 atom stereocenters. The first-order valence-corrected chi connectivity index (χ1v) is 16.3. The van der Waals surface area contributed by atoms with E-state index >= 15 is 0 Å². The standard InChI is InChI=1S/C32H37ClFN3O5S/c1-3-42-29-17-15-28(16-18-29)37(43(40,41)30-19-11-25(33)12-20-30)22-31(38)36(21-24-9-13-26(34)14-10-24)23(2)32(39)35-27-7-5-4-6-8-27/h9-20,23,27H,3-8,21-22H2,1-2H3,(H,35,39)/t23-/m1/s1. The lowest BCUT2D eigenvalue weighted by molar-refractivity contribution is -0.139. The number of rotatable bonds is 12. The van der Waals surface area contributed by atoms with Gasteiger partial charge in [0.2, 0.25) is 11.8 Å². The summed E-state index contributed by atoms with van der Waals surface area (Å²) in [6, 6.07) is 16.8. The van der Waals surface area contributed by atoms with Gasteiger partial charge >= 0.3 is 0 Å².